The van der Waals surface area contributed by atoms with E-state index < -0.39 is 4.92 Å². The van der Waals surface area contributed by atoms with E-state index in [-0.39, 0.29) is 16.7 Å². The molecule has 0 spiro atoms. The molecule has 0 fully saturated rings. The van der Waals surface area contributed by atoms with Gasteiger partial charge in [-0.2, -0.15) is 0 Å². The zero-order valence-corrected chi connectivity index (χ0v) is 18.6. The molecule has 1 amide bonds. The number of nitrogens with zero attached hydrogens (tertiary/aromatic N) is 1. The first-order chi connectivity index (χ1) is 13.9. The maximum Gasteiger partial charge on any atom is 0.271 e. The smallest absolute Gasteiger partial charge is 0.271 e. The molecule has 0 bridgehead atoms. The molecule has 1 aromatic carbocycles. The minimum absolute atomic E-state index is 0.0202. The predicted octanol–water partition coefficient (Wildman–Crippen LogP) is 6.42. The van der Waals surface area contributed by atoms with E-state index in [1.807, 2.05) is 6.92 Å². The summed E-state index contributed by atoms with van der Waals surface area (Å²) in [6.45, 7) is 4.06. The summed E-state index contributed by atoms with van der Waals surface area (Å²) < 4.78 is 0. The SMILES string of the molecule is CCCCCCCCCCCCCC(=O)NC(=S)Nc1cc([N+](=O)[O-])ccc1C. The van der Waals surface area contributed by atoms with E-state index in [1.54, 1.807) is 6.07 Å². The molecule has 0 heterocycles. The van der Waals surface area contributed by atoms with Crippen LogP contribution in [0.4, 0.5) is 11.4 Å². The molecule has 1 rings (SSSR count). The van der Waals surface area contributed by atoms with Crippen molar-refractivity contribution in [1.82, 2.24) is 5.32 Å². The van der Waals surface area contributed by atoms with Gasteiger partial charge in [-0.25, -0.2) is 0 Å². The summed E-state index contributed by atoms with van der Waals surface area (Å²) >= 11 is 5.16. The standard InChI is InChI=1S/C22H35N3O3S/c1-3-4-5-6-7-8-9-10-11-12-13-14-21(26)24-22(29)23-20-17-19(25(27)28)16-15-18(20)2/h15-17H,3-14H2,1-2H3,(H2,23,24,26,29). The van der Waals surface area contributed by atoms with Crippen LogP contribution in [-0.2, 0) is 4.79 Å². The van der Waals surface area contributed by atoms with E-state index in [0.717, 1.165) is 24.8 Å². The molecule has 0 atom stereocenters. The number of hydrogen-bond donors (Lipinski definition) is 2. The number of nitro benzene ring substituents is 1. The molecule has 6 nitrogen and oxygen atoms in total. The number of nitrogens with one attached hydrogen (secondary N) is 2. The van der Waals surface area contributed by atoms with E-state index in [2.05, 4.69) is 17.6 Å². The third kappa shape index (κ3) is 11.5. The Morgan fingerprint density at radius 1 is 1.00 bits per heavy atom. The fourth-order valence-electron chi connectivity index (χ4n) is 3.15. The van der Waals surface area contributed by atoms with Gasteiger partial charge in [0.2, 0.25) is 5.91 Å². The van der Waals surface area contributed by atoms with Crippen LogP contribution in [0.15, 0.2) is 18.2 Å². The summed E-state index contributed by atoms with van der Waals surface area (Å²) in [4.78, 5) is 22.4. The summed E-state index contributed by atoms with van der Waals surface area (Å²) in [6.07, 6.45) is 14.1. The zero-order chi connectivity index (χ0) is 21.5. The van der Waals surface area contributed by atoms with E-state index in [1.165, 1.54) is 63.5 Å². The number of nitro groups is 1. The van der Waals surface area contributed by atoms with Gasteiger partial charge in [0.15, 0.2) is 5.11 Å². The molecule has 0 aromatic heterocycles. The topological polar surface area (TPSA) is 84.3 Å². The van der Waals surface area contributed by atoms with Crippen LogP contribution in [0.25, 0.3) is 0 Å². The number of aryl methyl sites for hydroxylation is 1. The van der Waals surface area contributed by atoms with Gasteiger partial charge in [-0.15, -0.1) is 0 Å². The highest BCUT2D eigenvalue weighted by Gasteiger charge is 2.11. The largest absolute Gasteiger partial charge is 0.332 e. The number of hydrogen-bond acceptors (Lipinski definition) is 4. The predicted molar refractivity (Wildman–Crippen MR) is 123 cm³/mol. The lowest BCUT2D eigenvalue weighted by atomic mass is 10.1. The second kappa shape index (κ2) is 14.9. The Bertz CT molecular complexity index is 665. The van der Waals surface area contributed by atoms with Crippen molar-refractivity contribution in [2.75, 3.05) is 5.32 Å². The van der Waals surface area contributed by atoms with Gasteiger partial charge in [-0.3, -0.25) is 14.9 Å². The molecule has 29 heavy (non-hydrogen) atoms. The van der Waals surface area contributed by atoms with Crippen molar-refractivity contribution in [3.8, 4) is 0 Å². The molecule has 0 unspecified atom stereocenters. The van der Waals surface area contributed by atoms with Crippen LogP contribution in [0.5, 0.6) is 0 Å². The molecule has 1 aromatic rings. The van der Waals surface area contributed by atoms with Crippen molar-refractivity contribution < 1.29 is 9.72 Å². The molecular weight excluding hydrogens is 386 g/mol. The van der Waals surface area contributed by atoms with Gasteiger partial charge in [0.05, 0.1) is 4.92 Å². The fourth-order valence-corrected chi connectivity index (χ4v) is 3.37. The summed E-state index contributed by atoms with van der Waals surface area (Å²) in [5.74, 6) is -0.124. The van der Waals surface area contributed by atoms with Crippen molar-refractivity contribution in [1.29, 1.82) is 0 Å². The first kappa shape index (κ1) is 25.0. The van der Waals surface area contributed by atoms with Gasteiger partial charge in [0.1, 0.15) is 0 Å². The number of carbonyl (C=O) groups excluding carboxylic acids is 1. The minimum Gasteiger partial charge on any atom is -0.332 e. The van der Waals surface area contributed by atoms with Crippen LogP contribution < -0.4 is 10.6 Å². The summed E-state index contributed by atoms with van der Waals surface area (Å²) in [5.41, 5.74) is 1.32. The van der Waals surface area contributed by atoms with Gasteiger partial charge >= 0.3 is 0 Å². The van der Waals surface area contributed by atoms with Gasteiger partial charge in [0, 0.05) is 24.2 Å². The number of anilines is 1. The lowest BCUT2D eigenvalue weighted by molar-refractivity contribution is -0.384. The maximum atomic E-state index is 12.0. The Balaban J connectivity index is 2.14. The normalized spacial score (nSPS) is 10.6. The van der Waals surface area contributed by atoms with Gasteiger partial charge in [-0.05, 0) is 31.1 Å². The number of non-ortho nitro benzene ring substituents is 1. The van der Waals surface area contributed by atoms with Crippen LogP contribution >= 0.6 is 12.2 Å². The lowest BCUT2D eigenvalue weighted by Crippen LogP contribution is -2.34. The summed E-state index contributed by atoms with van der Waals surface area (Å²) in [7, 11) is 0. The van der Waals surface area contributed by atoms with Crippen LogP contribution in [0.1, 0.15) is 89.5 Å². The van der Waals surface area contributed by atoms with Gasteiger partial charge < -0.3 is 10.6 Å². The van der Waals surface area contributed by atoms with Crippen molar-refractivity contribution in [3.05, 3.63) is 33.9 Å². The number of thiocarbonyl (C=S) groups is 1. The lowest BCUT2D eigenvalue weighted by Gasteiger charge is -2.11. The average molecular weight is 422 g/mol. The summed E-state index contributed by atoms with van der Waals surface area (Å²) in [6, 6.07) is 4.50. The molecule has 0 saturated heterocycles. The van der Waals surface area contributed by atoms with Crippen molar-refractivity contribution >= 4 is 34.6 Å². The quantitative estimate of drug-likeness (QED) is 0.157. The highest BCUT2D eigenvalue weighted by molar-refractivity contribution is 7.80. The molecule has 0 aliphatic carbocycles. The van der Waals surface area contributed by atoms with Gasteiger partial charge in [0.25, 0.3) is 5.69 Å². The number of amides is 1. The van der Waals surface area contributed by atoms with Crippen LogP contribution in [0.2, 0.25) is 0 Å². The summed E-state index contributed by atoms with van der Waals surface area (Å²) in [5, 5.41) is 16.6. The van der Waals surface area contributed by atoms with Crippen molar-refractivity contribution in [2.24, 2.45) is 0 Å². The van der Waals surface area contributed by atoms with E-state index >= 15 is 0 Å². The Labute approximate surface area is 180 Å². The zero-order valence-electron chi connectivity index (χ0n) is 17.8. The first-order valence-electron chi connectivity index (χ1n) is 10.8. The third-order valence-corrected chi connectivity index (χ3v) is 5.14. The Morgan fingerprint density at radius 3 is 2.10 bits per heavy atom. The highest BCUT2D eigenvalue weighted by atomic mass is 32.1. The van der Waals surface area contributed by atoms with Crippen LogP contribution in [0, 0.1) is 17.0 Å². The number of carbonyl (C=O) groups is 1. The minimum atomic E-state index is -0.460. The van der Waals surface area contributed by atoms with Gasteiger partial charge in [-0.1, -0.05) is 77.2 Å². The molecule has 0 radical (unpaired) electrons. The first-order valence-corrected chi connectivity index (χ1v) is 11.2. The van der Waals surface area contributed by atoms with E-state index in [4.69, 9.17) is 12.2 Å². The van der Waals surface area contributed by atoms with Crippen LogP contribution in [0.3, 0.4) is 0 Å². The molecule has 0 aliphatic heterocycles. The molecule has 162 valence electrons. The molecular formula is C22H35N3O3S. The molecule has 7 heteroatoms. The Kier molecular flexibility index (Phi) is 12.9. The molecule has 2 N–H and O–H groups in total. The Morgan fingerprint density at radius 2 is 1.55 bits per heavy atom. The molecule has 0 aliphatic rings. The highest BCUT2D eigenvalue weighted by Crippen LogP contribution is 2.21. The van der Waals surface area contributed by atoms with Crippen LogP contribution in [-0.4, -0.2) is 15.9 Å². The fraction of sp³-hybridized carbons (Fsp3) is 0.636. The second-order valence-electron chi connectivity index (χ2n) is 7.54. The number of unbranched alkanes of at least 4 members (excludes halogenated alkanes) is 10. The maximum absolute atomic E-state index is 12.0. The van der Waals surface area contributed by atoms with E-state index in [0.29, 0.717) is 12.1 Å². The molecule has 0 saturated carbocycles. The number of benzene rings is 1. The Hall–Kier alpha value is -2.02. The van der Waals surface area contributed by atoms with Crippen molar-refractivity contribution in [3.63, 3.8) is 0 Å². The van der Waals surface area contributed by atoms with Crippen molar-refractivity contribution in [2.45, 2.75) is 90.9 Å². The monoisotopic (exact) mass is 421 g/mol. The van der Waals surface area contributed by atoms with E-state index in [9.17, 15) is 14.9 Å². The third-order valence-electron chi connectivity index (χ3n) is 4.94. The second-order valence-corrected chi connectivity index (χ2v) is 7.95. The average Bonchev–Trinajstić information content (AvgIpc) is 2.67. The number of rotatable bonds is 14.